The molecule has 0 bridgehead atoms. The van der Waals surface area contributed by atoms with Gasteiger partial charge in [-0.1, -0.05) is 54.9 Å². The third kappa shape index (κ3) is 3.81. The van der Waals surface area contributed by atoms with Crippen LogP contribution in [0, 0.1) is 0 Å². The molecule has 0 saturated carbocycles. The highest BCUT2D eigenvalue weighted by atomic mass is 79.9. The fraction of sp³-hybridized carbons (Fsp3) is 0.357. The Hall–Kier alpha value is -1.87. The number of aromatic nitrogens is 1. The highest BCUT2D eigenvalue weighted by molar-refractivity contribution is 9.10. The summed E-state index contributed by atoms with van der Waals surface area (Å²) in [4.78, 5) is 0. The summed E-state index contributed by atoms with van der Waals surface area (Å²) in [7, 11) is -2.06. The van der Waals surface area contributed by atoms with E-state index in [9.17, 15) is 0 Å². The van der Waals surface area contributed by atoms with Crippen molar-refractivity contribution in [1.82, 2.24) is 9.24 Å². The zero-order valence-electron chi connectivity index (χ0n) is 20.1. The van der Waals surface area contributed by atoms with Crippen LogP contribution in [0.25, 0.3) is 21.8 Å². The van der Waals surface area contributed by atoms with Gasteiger partial charge in [0.2, 0.25) is 0 Å². The molecule has 2 heterocycles. The van der Waals surface area contributed by atoms with E-state index in [4.69, 9.17) is 4.74 Å². The number of benzene rings is 3. The second-order valence-electron chi connectivity index (χ2n) is 9.97. The molecular formula is C28H33BrN3P. The molecule has 1 aliphatic rings. The molecule has 1 saturated heterocycles. The highest BCUT2D eigenvalue weighted by Crippen LogP contribution is 2.65. The van der Waals surface area contributed by atoms with Gasteiger partial charge in [-0.3, -0.25) is 4.67 Å². The molecule has 33 heavy (non-hydrogen) atoms. The van der Waals surface area contributed by atoms with Gasteiger partial charge in [-0.2, -0.15) is 0 Å². The summed E-state index contributed by atoms with van der Waals surface area (Å²) < 4.78 is 11.9. The number of para-hydroxylation sites is 1. The lowest BCUT2D eigenvalue weighted by Crippen LogP contribution is -2.35. The van der Waals surface area contributed by atoms with E-state index in [0.29, 0.717) is 0 Å². The number of nitrogens with zero attached hydrogens (tertiary/aromatic N) is 3. The van der Waals surface area contributed by atoms with Crippen LogP contribution in [0.4, 0.5) is 5.69 Å². The third-order valence-corrected chi connectivity index (χ3v) is 12.1. The monoisotopic (exact) mass is 521 g/mol. The number of hydrogen-bond donors (Lipinski definition) is 0. The first kappa shape index (κ1) is 22.9. The maximum absolute atomic E-state index is 5.68. The van der Waals surface area contributed by atoms with Crippen molar-refractivity contribution in [3.05, 3.63) is 71.2 Å². The average Bonchev–Trinajstić information content (AvgIpc) is 3.44. The van der Waals surface area contributed by atoms with E-state index in [-0.39, 0.29) is 5.16 Å². The molecule has 1 atom stereocenters. The minimum atomic E-state index is -2.06. The van der Waals surface area contributed by atoms with Gasteiger partial charge in [0.05, 0.1) is 12.9 Å². The molecule has 0 aliphatic carbocycles. The quantitative estimate of drug-likeness (QED) is 0.246. The zero-order chi connectivity index (χ0) is 23.2. The maximum Gasteiger partial charge on any atom is 0.0720 e. The zero-order valence-corrected chi connectivity index (χ0v) is 22.5. The van der Waals surface area contributed by atoms with Crippen molar-refractivity contribution < 1.29 is 0 Å². The van der Waals surface area contributed by atoms with Crippen molar-refractivity contribution >= 4 is 55.9 Å². The second-order valence-corrected chi connectivity index (χ2v) is 14.7. The van der Waals surface area contributed by atoms with Gasteiger partial charge in [0.15, 0.2) is 0 Å². The van der Waals surface area contributed by atoms with Gasteiger partial charge < -0.3 is 4.57 Å². The fourth-order valence-electron chi connectivity index (χ4n) is 5.49. The van der Waals surface area contributed by atoms with Crippen LogP contribution in [0.3, 0.4) is 0 Å². The van der Waals surface area contributed by atoms with Gasteiger partial charge in [0.25, 0.3) is 0 Å². The van der Waals surface area contributed by atoms with Crippen LogP contribution in [-0.2, 0) is 6.54 Å². The molecule has 5 heteroatoms. The lowest BCUT2D eigenvalue weighted by molar-refractivity contribution is 0.538. The van der Waals surface area contributed by atoms with E-state index in [0.717, 1.165) is 29.8 Å². The summed E-state index contributed by atoms with van der Waals surface area (Å²) in [6, 6.07) is 24.6. The lowest BCUT2D eigenvalue weighted by Gasteiger charge is -2.44. The Morgan fingerprint density at radius 3 is 2.21 bits per heavy atom. The van der Waals surface area contributed by atoms with Crippen molar-refractivity contribution in [3.8, 4) is 0 Å². The topological polar surface area (TPSA) is 20.5 Å². The van der Waals surface area contributed by atoms with E-state index < -0.39 is 7.21 Å². The minimum Gasteiger partial charge on any atom is -0.341 e. The smallest absolute Gasteiger partial charge is 0.0720 e. The standard InChI is InChI=1S/C28H33BrN3P/c1-5-32-26-11-7-6-10-24(26)25-20-23(16-17-27(25)32)33(28(2,3)4,31-18-8-9-19-31)30-22-14-12-21(29)13-15-22/h6-7,10-17,20H,5,8-9,18-19H2,1-4H3/t33-/m1/s1. The van der Waals surface area contributed by atoms with E-state index in [1.807, 2.05) is 0 Å². The van der Waals surface area contributed by atoms with Gasteiger partial charge in [0.1, 0.15) is 0 Å². The summed E-state index contributed by atoms with van der Waals surface area (Å²) in [6.45, 7) is 12.6. The molecule has 0 radical (unpaired) electrons. The lowest BCUT2D eigenvalue weighted by atomic mass is 10.1. The molecular weight excluding hydrogens is 489 g/mol. The van der Waals surface area contributed by atoms with Gasteiger partial charge in [-0.15, -0.1) is 0 Å². The summed E-state index contributed by atoms with van der Waals surface area (Å²) in [5.74, 6) is 0. The molecule has 1 fully saturated rings. The number of hydrogen-bond acceptors (Lipinski definition) is 1. The molecule has 0 spiro atoms. The first-order valence-corrected chi connectivity index (χ1v) is 14.5. The van der Waals surface area contributed by atoms with Crippen LogP contribution in [0.15, 0.2) is 75.9 Å². The Morgan fingerprint density at radius 1 is 0.879 bits per heavy atom. The molecule has 5 rings (SSSR count). The van der Waals surface area contributed by atoms with Crippen molar-refractivity contribution in [3.63, 3.8) is 0 Å². The molecule has 172 valence electrons. The van der Waals surface area contributed by atoms with Crippen molar-refractivity contribution in [2.75, 3.05) is 13.1 Å². The summed E-state index contributed by atoms with van der Waals surface area (Å²) in [5, 5.41) is 4.10. The maximum atomic E-state index is 5.68. The Kier molecular flexibility index (Phi) is 6.05. The van der Waals surface area contributed by atoms with Crippen molar-refractivity contribution in [2.24, 2.45) is 4.74 Å². The number of rotatable bonds is 4. The van der Waals surface area contributed by atoms with E-state index in [1.165, 1.54) is 40.0 Å². The SMILES string of the molecule is CCn1c2ccccc2c2cc([P@@](=Nc3ccc(Br)cc3)(N3CCCC3)C(C)(C)C)ccc21. The second kappa shape index (κ2) is 8.73. The predicted octanol–water partition coefficient (Wildman–Crippen LogP) is 8.54. The van der Waals surface area contributed by atoms with E-state index in [1.54, 1.807) is 0 Å². The van der Waals surface area contributed by atoms with Crippen LogP contribution in [0.2, 0.25) is 0 Å². The first-order chi connectivity index (χ1) is 15.8. The molecule has 0 amide bonds. The van der Waals surface area contributed by atoms with Gasteiger partial charge in [-0.05, 0) is 68.3 Å². The van der Waals surface area contributed by atoms with Crippen molar-refractivity contribution in [2.45, 2.75) is 52.2 Å². The fourth-order valence-corrected chi connectivity index (χ4v) is 10.2. The average molecular weight is 522 g/mol. The molecule has 0 N–H and O–H groups in total. The molecule has 0 unspecified atom stereocenters. The summed E-state index contributed by atoms with van der Waals surface area (Å²) in [5.41, 5.74) is 3.71. The molecule has 3 aromatic carbocycles. The van der Waals surface area contributed by atoms with Crippen LogP contribution >= 0.6 is 23.1 Å². The number of halogens is 1. The minimum absolute atomic E-state index is 0.0151. The third-order valence-electron chi connectivity index (χ3n) is 6.95. The van der Waals surface area contributed by atoms with E-state index >= 15 is 0 Å². The van der Waals surface area contributed by atoms with Crippen LogP contribution < -0.4 is 5.30 Å². The Labute approximate surface area is 206 Å². The van der Waals surface area contributed by atoms with Gasteiger partial charge in [-0.25, -0.2) is 4.74 Å². The van der Waals surface area contributed by atoms with Gasteiger partial charge in [0, 0.05) is 56.4 Å². The Balaban J connectivity index is 1.85. The number of aryl methyl sites for hydroxylation is 1. The van der Waals surface area contributed by atoms with Crippen LogP contribution in [0.1, 0.15) is 40.5 Å². The molecule has 1 aliphatic heterocycles. The Bertz CT molecular complexity index is 1360. The number of fused-ring (bicyclic) bond motifs is 3. The Morgan fingerprint density at radius 2 is 1.55 bits per heavy atom. The molecule has 4 aromatic rings. The first-order valence-electron chi connectivity index (χ1n) is 12.0. The van der Waals surface area contributed by atoms with E-state index in [2.05, 4.69) is 120 Å². The molecule has 1 aromatic heterocycles. The highest BCUT2D eigenvalue weighted by Gasteiger charge is 2.42. The van der Waals surface area contributed by atoms with Crippen LogP contribution in [0.5, 0.6) is 0 Å². The molecule has 3 nitrogen and oxygen atoms in total. The normalized spacial score (nSPS) is 17.0. The predicted molar refractivity (Wildman–Crippen MR) is 148 cm³/mol. The largest absolute Gasteiger partial charge is 0.341 e. The summed E-state index contributed by atoms with van der Waals surface area (Å²) in [6.07, 6.45) is 2.51. The summed E-state index contributed by atoms with van der Waals surface area (Å²) >= 11 is 3.59. The van der Waals surface area contributed by atoms with Crippen molar-refractivity contribution in [1.29, 1.82) is 0 Å². The van der Waals surface area contributed by atoms with Crippen LogP contribution in [-0.4, -0.2) is 27.5 Å². The van der Waals surface area contributed by atoms with Gasteiger partial charge >= 0.3 is 0 Å².